The highest BCUT2D eigenvalue weighted by Crippen LogP contribution is 2.44. The van der Waals surface area contributed by atoms with Crippen LogP contribution in [0.4, 0.5) is 5.69 Å². The van der Waals surface area contributed by atoms with Crippen molar-refractivity contribution in [3.05, 3.63) is 100 Å². The van der Waals surface area contributed by atoms with Crippen molar-refractivity contribution in [1.82, 2.24) is 9.78 Å². The van der Waals surface area contributed by atoms with E-state index < -0.39 is 17.9 Å². The van der Waals surface area contributed by atoms with E-state index in [4.69, 9.17) is 15.2 Å². The molecule has 182 valence electrons. The third-order valence-corrected chi connectivity index (χ3v) is 5.97. The van der Waals surface area contributed by atoms with E-state index in [0.29, 0.717) is 16.9 Å². The van der Waals surface area contributed by atoms with E-state index in [9.17, 15) is 14.9 Å². The topological polar surface area (TPSA) is 123 Å². The van der Waals surface area contributed by atoms with Crippen molar-refractivity contribution in [2.24, 2.45) is 5.73 Å². The standard InChI is InChI=1S/C27H25N5O4/c1-16-14-17(2)32(30-16)21-13-9-8-12-20(21)31-24(27(34)36-4)23(26(33)35-3)22(19(15-28)25(31)29)18-10-6-5-7-11-18/h5-14,22H,29H2,1-4H3. The third-order valence-electron chi connectivity index (χ3n) is 5.97. The normalized spacial score (nSPS) is 15.5. The maximum absolute atomic E-state index is 13.3. The van der Waals surface area contributed by atoms with Crippen LogP contribution in [0.15, 0.2) is 83.3 Å². The van der Waals surface area contributed by atoms with Gasteiger partial charge in [-0.2, -0.15) is 10.4 Å². The molecule has 0 radical (unpaired) electrons. The number of anilines is 1. The second-order valence-corrected chi connectivity index (χ2v) is 8.16. The molecule has 1 aliphatic rings. The summed E-state index contributed by atoms with van der Waals surface area (Å²) < 4.78 is 11.9. The van der Waals surface area contributed by atoms with Crippen LogP contribution in [0.5, 0.6) is 0 Å². The number of nitrogens with zero attached hydrogens (tertiary/aromatic N) is 4. The van der Waals surface area contributed by atoms with Crippen LogP contribution in [0.25, 0.3) is 5.69 Å². The highest BCUT2D eigenvalue weighted by molar-refractivity contribution is 6.06. The van der Waals surface area contributed by atoms with Gasteiger partial charge in [0.15, 0.2) is 0 Å². The molecule has 2 aromatic carbocycles. The predicted molar refractivity (Wildman–Crippen MR) is 133 cm³/mol. The van der Waals surface area contributed by atoms with E-state index in [1.807, 2.05) is 38.1 Å². The minimum Gasteiger partial charge on any atom is -0.466 e. The van der Waals surface area contributed by atoms with Gasteiger partial charge in [-0.05, 0) is 37.6 Å². The van der Waals surface area contributed by atoms with E-state index in [1.165, 1.54) is 19.1 Å². The summed E-state index contributed by atoms with van der Waals surface area (Å²) in [5.41, 5.74) is 9.81. The number of allylic oxidation sites excluding steroid dienone is 1. The zero-order chi connectivity index (χ0) is 26.0. The summed E-state index contributed by atoms with van der Waals surface area (Å²) in [4.78, 5) is 27.9. The zero-order valence-electron chi connectivity index (χ0n) is 20.4. The molecule has 0 amide bonds. The van der Waals surface area contributed by atoms with Crippen LogP contribution in [-0.4, -0.2) is 35.9 Å². The number of ether oxygens (including phenoxy) is 2. The van der Waals surface area contributed by atoms with Gasteiger partial charge < -0.3 is 15.2 Å². The Bertz CT molecular complexity index is 1450. The summed E-state index contributed by atoms with van der Waals surface area (Å²) >= 11 is 0. The highest BCUT2D eigenvalue weighted by atomic mass is 16.5. The number of para-hydroxylation sites is 2. The van der Waals surface area contributed by atoms with Gasteiger partial charge in [-0.3, -0.25) is 4.90 Å². The van der Waals surface area contributed by atoms with Crippen LogP contribution < -0.4 is 10.6 Å². The van der Waals surface area contributed by atoms with Crippen molar-refractivity contribution in [2.75, 3.05) is 19.1 Å². The van der Waals surface area contributed by atoms with Crippen LogP contribution >= 0.6 is 0 Å². The summed E-state index contributed by atoms with van der Waals surface area (Å²) in [6, 6.07) is 20.1. The lowest BCUT2D eigenvalue weighted by Gasteiger charge is -2.36. The molecule has 4 rings (SSSR count). The van der Waals surface area contributed by atoms with Crippen molar-refractivity contribution in [3.8, 4) is 11.8 Å². The van der Waals surface area contributed by atoms with Crippen molar-refractivity contribution >= 4 is 17.6 Å². The monoisotopic (exact) mass is 483 g/mol. The minimum absolute atomic E-state index is 0.00612. The molecule has 1 unspecified atom stereocenters. The second kappa shape index (κ2) is 9.80. The first-order valence-corrected chi connectivity index (χ1v) is 11.1. The Morgan fingerprint density at radius 2 is 1.58 bits per heavy atom. The first kappa shape index (κ1) is 24.3. The van der Waals surface area contributed by atoms with Crippen molar-refractivity contribution in [1.29, 1.82) is 5.26 Å². The maximum atomic E-state index is 13.3. The number of nitrogens with two attached hydrogens (primary N) is 1. The van der Waals surface area contributed by atoms with E-state index in [0.717, 1.165) is 11.4 Å². The number of methoxy groups -OCH3 is 2. The maximum Gasteiger partial charge on any atom is 0.355 e. The zero-order valence-corrected chi connectivity index (χ0v) is 20.4. The summed E-state index contributed by atoms with van der Waals surface area (Å²) in [7, 11) is 2.43. The molecule has 2 heterocycles. The Morgan fingerprint density at radius 3 is 2.14 bits per heavy atom. The average molecular weight is 484 g/mol. The fraction of sp³-hybridized carbons (Fsp3) is 0.185. The molecule has 0 saturated carbocycles. The third kappa shape index (κ3) is 3.99. The largest absolute Gasteiger partial charge is 0.466 e. The Morgan fingerprint density at radius 1 is 0.972 bits per heavy atom. The number of esters is 2. The van der Waals surface area contributed by atoms with Gasteiger partial charge >= 0.3 is 11.9 Å². The van der Waals surface area contributed by atoms with Gasteiger partial charge in [0.1, 0.15) is 11.5 Å². The fourth-order valence-corrected chi connectivity index (χ4v) is 4.47. The van der Waals surface area contributed by atoms with Gasteiger partial charge in [0, 0.05) is 5.69 Å². The first-order chi connectivity index (χ1) is 17.3. The number of hydrogen-bond donors (Lipinski definition) is 1. The van der Waals surface area contributed by atoms with Gasteiger partial charge in [0.2, 0.25) is 0 Å². The van der Waals surface area contributed by atoms with Crippen molar-refractivity contribution < 1.29 is 19.1 Å². The molecule has 1 atom stereocenters. The molecule has 0 saturated heterocycles. The highest BCUT2D eigenvalue weighted by Gasteiger charge is 2.43. The number of aryl methyl sites for hydroxylation is 2. The molecule has 36 heavy (non-hydrogen) atoms. The van der Waals surface area contributed by atoms with Crippen LogP contribution in [-0.2, 0) is 19.1 Å². The Hall–Kier alpha value is -4.84. The molecular weight excluding hydrogens is 458 g/mol. The number of carbonyl (C=O) groups excluding carboxylic acids is 2. The SMILES string of the molecule is COC(=O)C1=C(C(=O)OC)N(c2ccccc2-n2nc(C)cc2C)C(N)=C(C#N)C1c1ccccc1. The molecule has 1 aromatic heterocycles. The van der Waals surface area contributed by atoms with Gasteiger partial charge in [-0.25, -0.2) is 14.3 Å². The van der Waals surface area contributed by atoms with Gasteiger partial charge in [-0.1, -0.05) is 42.5 Å². The molecule has 2 N–H and O–H groups in total. The van der Waals surface area contributed by atoms with E-state index >= 15 is 0 Å². The molecule has 1 aliphatic heterocycles. The molecule has 9 nitrogen and oxygen atoms in total. The summed E-state index contributed by atoms with van der Waals surface area (Å²) in [6.07, 6.45) is 0. The first-order valence-electron chi connectivity index (χ1n) is 11.1. The average Bonchev–Trinajstić information content (AvgIpc) is 3.24. The Labute approximate surface area is 208 Å². The van der Waals surface area contributed by atoms with Crippen molar-refractivity contribution in [3.63, 3.8) is 0 Å². The molecular formula is C27H25N5O4. The van der Waals surface area contributed by atoms with Crippen molar-refractivity contribution in [2.45, 2.75) is 19.8 Å². The number of carbonyl (C=O) groups is 2. The molecule has 0 aliphatic carbocycles. The van der Waals surface area contributed by atoms with Crippen LogP contribution in [0.3, 0.4) is 0 Å². The predicted octanol–water partition coefficient (Wildman–Crippen LogP) is 3.39. The number of benzene rings is 2. The Kier molecular flexibility index (Phi) is 6.61. The Balaban J connectivity index is 2.10. The van der Waals surface area contributed by atoms with E-state index in [2.05, 4.69) is 11.2 Å². The van der Waals surface area contributed by atoms with Crippen LogP contribution in [0.1, 0.15) is 22.9 Å². The lowest BCUT2D eigenvalue weighted by molar-refractivity contribution is -0.139. The van der Waals surface area contributed by atoms with Crippen LogP contribution in [0.2, 0.25) is 0 Å². The number of aromatic nitrogens is 2. The van der Waals surface area contributed by atoms with Gasteiger partial charge in [-0.15, -0.1) is 0 Å². The number of hydrogen-bond acceptors (Lipinski definition) is 8. The second-order valence-electron chi connectivity index (χ2n) is 8.16. The minimum atomic E-state index is -0.935. The summed E-state index contributed by atoms with van der Waals surface area (Å²) in [6.45, 7) is 3.77. The van der Waals surface area contributed by atoms with E-state index in [-0.39, 0.29) is 22.7 Å². The number of nitriles is 1. The lowest BCUT2D eigenvalue weighted by atomic mass is 9.81. The van der Waals surface area contributed by atoms with E-state index in [1.54, 1.807) is 41.1 Å². The smallest absolute Gasteiger partial charge is 0.355 e. The molecule has 0 bridgehead atoms. The molecule has 0 spiro atoms. The quantitative estimate of drug-likeness (QED) is 0.548. The van der Waals surface area contributed by atoms with Gasteiger partial charge in [0.25, 0.3) is 0 Å². The van der Waals surface area contributed by atoms with Crippen LogP contribution in [0, 0.1) is 25.2 Å². The molecule has 0 fully saturated rings. The summed E-state index contributed by atoms with van der Waals surface area (Å²) in [5.74, 6) is -2.53. The van der Waals surface area contributed by atoms with Gasteiger partial charge in [0.05, 0.1) is 54.4 Å². The number of rotatable bonds is 5. The molecule has 9 heteroatoms. The molecule has 3 aromatic rings. The fourth-order valence-electron chi connectivity index (χ4n) is 4.47. The summed E-state index contributed by atoms with van der Waals surface area (Å²) in [5, 5.41) is 14.8. The lowest BCUT2D eigenvalue weighted by Crippen LogP contribution is -2.41.